The molecule has 0 fully saturated rings. The van der Waals surface area contributed by atoms with E-state index >= 15 is 0 Å². The van der Waals surface area contributed by atoms with Gasteiger partial charge in [0.25, 0.3) is 0 Å². The number of nitrogens with one attached hydrogen (secondary N) is 1. The van der Waals surface area contributed by atoms with E-state index in [9.17, 15) is 14.9 Å². The summed E-state index contributed by atoms with van der Waals surface area (Å²) in [4.78, 5) is 25.7. The maximum absolute atomic E-state index is 11.8. The van der Waals surface area contributed by atoms with E-state index in [1.54, 1.807) is 16.7 Å². The number of nitro groups is 1. The van der Waals surface area contributed by atoms with Crippen LogP contribution < -0.4 is 10.1 Å². The van der Waals surface area contributed by atoms with Crippen molar-refractivity contribution in [3.05, 3.63) is 44.6 Å². The van der Waals surface area contributed by atoms with Crippen LogP contribution >= 0.6 is 23.2 Å². The Morgan fingerprint density at radius 2 is 2.32 bits per heavy atom. The number of imidazole rings is 1. The van der Waals surface area contributed by atoms with Crippen LogP contribution in [0.2, 0.25) is 10.0 Å². The number of nitrogens with zero attached hydrogens (tertiary/aromatic N) is 3. The van der Waals surface area contributed by atoms with E-state index in [-0.39, 0.29) is 23.5 Å². The van der Waals surface area contributed by atoms with Crippen molar-refractivity contribution < 1.29 is 19.2 Å². The molecular weight excluding hydrogens is 375 g/mol. The van der Waals surface area contributed by atoms with Gasteiger partial charge in [0, 0.05) is 23.0 Å². The first-order valence-corrected chi connectivity index (χ1v) is 7.95. The summed E-state index contributed by atoms with van der Waals surface area (Å²) in [6, 6.07) is 4.77. The molecule has 0 radical (unpaired) electrons. The molecule has 0 spiro atoms. The molecule has 1 aromatic heterocycles. The van der Waals surface area contributed by atoms with Crippen LogP contribution in [0.5, 0.6) is 6.01 Å². The molecule has 1 aliphatic rings. The summed E-state index contributed by atoms with van der Waals surface area (Å²) in [7, 11) is 0. The predicted molar refractivity (Wildman–Crippen MR) is 89.3 cm³/mol. The number of benzene rings is 1. The largest absolute Gasteiger partial charge is 0.445 e. The van der Waals surface area contributed by atoms with E-state index in [1.165, 1.54) is 12.3 Å². The summed E-state index contributed by atoms with van der Waals surface area (Å²) in [5.41, 5.74) is 0.367. The highest BCUT2D eigenvalue weighted by Gasteiger charge is 2.28. The topological polar surface area (TPSA) is 109 Å². The number of hydrogen-bond acceptors (Lipinski definition) is 6. The van der Waals surface area contributed by atoms with E-state index in [2.05, 4.69) is 10.3 Å². The number of halogens is 2. The van der Waals surface area contributed by atoms with Gasteiger partial charge in [-0.3, -0.25) is 9.88 Å². The van der Waals surface area contributed by atoms with Gasteiger partial charge in [0.1, 0.15) is 18.9 Å². The van der Waals surface area contributed by atoms with Gasteiger partial charge in [-0.25, -0.2) is 4.79 Å². The Hall–Kier alpha value is -2.52. The third kappa shape index (κ3) is 4.12. The number of amides is 1. The lowest BCUT2D eigenvalue weighted by Gasteiger charge is -2.21. The molecule has 1 aromatic carbocycles. The van der Waals surface area contributed by atoms with Crippen molar-refractivity contribution >= 4 is 40.8 Å². The maximum Gasteiger partial charge on any atom is 0.414 e. The summed E-state index contributed by atoms with van der Waals surface area (Å²) in [5, 5.41) is 13.9. The minimum atomic E-state index is -0.701. The first-order valence-electron chi connectivity index (χ1n) is 7.19. The number of fused-ring (bicyclic) bond motifs is 1. The summed E-state index contributed by atoms with van der Waals surface area (Å²) in [6.07, 6.45) is 0.686. The molecule has 11 heteroatoms. The molecule has 0 aliphatic carbocycles. The number of anilines is 1. The Morgan fingerprint density at radius 1 is 1.52 bits per heavy atom. The van der Waals surface area contributed by atoms with Crippen molar-refractivity contribution in [1.29, 1.82) is 0 Å². The van der Waals surface area contributed by atoms with Gasteiger partial charge in [0.15, 0.2) is 0 Å². The Bertz CT molecular complexity index is 826. The number of carbonyl (C=O) groups is 1. The van der Waals surface area contributed by atoms with Crippen molar-refractivity contribution in [3.8, 4) is 6.01 Å². The summed E-state index contributed by atoms with van der Waals surface area (Å²) < 4.78 is 12.1. The van der Waals surface area contributed by atoms with Gasteiger partial charge in [0.2, 0.25) is 0 Å². The van der Waals surface area contributed by atoms with Gasteiger partial charge in [-0.2, -0.15) is 0 Å². The second-order valence-electron chi connectivity index (χ2n) is 5.21. The smallest absolute Gasteiger partial charge is 0.414 e. The van der Waals surface area contributed by atoms with E-state index < -0.39 is 17.1 Å². The maximum atomic E-state index is 11.8. The van der Waals surface area contributed by atoms with Crippen molar-refractivity contribution in [1.82, 2.24) is 9.55 Å². The fourth-order valence-electron chi connectivity index (χ4n) is 2.24. The highest BCUT2D eigenvalue weighted by Crippen LogP contribution is 2.26. The zero-order valence-corrected chi connectivity index (χ0v) is 14.2. The summed E-state index contributed by atoms with van der Waals surface area (Å²) in [5.74, 6) is -0.285. The molecule has 3 rings (SSSR count). The minimum Gasteiger partial charge on any atom is -0.445 e. The molecule has 9 nitrogen and oxygen atoms in total. The monoisotopic (exact) mass is 386 g/mol. The summed E-state index contributed by atoms with van der Waals surface area (Å²) >= 11 is 11.7. The standard InChI is InChI=1S/C14H12Cl2N4O5/c15-8-1-2-11(10(16)5-8)17-14(21)24-7-9-3-4-19-6-12(20(22)23)18-13(19)25-9/h1-2,5-6,9H,3-4,7H2,(H,17,21). The third-order valence-electron chi connectivity index (χ3n) is 3.45. The molecule has 132 valence electrons. The van der Waals surface area contributed by atoms with Crippen LogP contribution in [0.1, 0.15) is 6.42 Å². The van der Waals surface area contributed by atoms with E-state index in [1.807, 2.05) is 0 Å². The molecular formula is C14H12Cl2N4O5. The highest BCUT2D eigenvalue weighted by atomic mass is 35.5. The normalized spacial score (nSPS) is 15.8. The van der Waals surface area contributed by atoms with Gasteiger partial charge in [-0.15, -0.1) is 0 Å². The van der Waals surface area contributed by atoms with Gasteiger partial charge < -0.3 is 19.6 Å². The average molecular weight is 387 g/mol. The number of rotatable bonds is 4. The molecule has 2 heterocycles. The lowest BCUT2D eigenvalue weighted by Crippen LogP contribution is -2.32. The molecule has 1 aliphatic heterocycles. The number of aromatic nitrogens is 2. The molecule has 1 N–H and O–H groups in total. The number of aryl methyl sites for hydroxylation is 1. The quantitative estimate of drug-likeness (QED) is 0.636. The average Bonchev–Trinajstić information content (AvgIpc) is 2.99. The first-order chi connectivity index (χ1) is 11.9. The summed E-state index contributed by atoms with van der Waals surface area (Å²) in [6.45, 7) is 0.451. The number of hydrogen-bond donors (Lipinski definition) is 1. The molecule has 0 bridgehead atoms. The van der Waals surface area contributed by atoms with E-state index in [4.69, 9.17) is 32.7 Å². The van der Waals surface area contributed by atoms with E-state index in [0.717, 1.165) is 0 Å². The fourth-order valence-corrected chi connectivity index (χ4v) is 2.70. The van der Waals surface area contributed by atoms with Crippen LogP contribution in [0.15, 0.2) is 24.4 Å². The fraction of sp³-hybridized carbons (Fsp3) is 0.286. The Morgan fingerprint density at radius 3 is 3.04 bits per heavy atom. The number of carbonyl (C=O) groups excluding carboxylic acids is 1. The third-order valence-corrected chi connectivity index (χ3v) is 3.99. The van der Waals surface area contributed by atoms with Gasteiger partial charge in [0.05, 0.1) is 10.7 Å². The second kappa shape index (κ2) is 7.16. The molecule has 1 unspecified atom stereocenters. The minimum absolute atomic E-state index is 0.0301. The molecule has 2 aromatic rings. The molecule has 1 amide bonds. The Balaban J connectivity index is 1.53. The molecule has 25 heavy (non-hydrogen) atoms. The van der Waals surface area contributed by atoms with Crippen molar-refractivity contribution in [2.24, 2.45) is 0 Å². The zero-order chi connectivity index (χ0) is 18.0. The Kier molecular flexibility index (Phi) is 4.95. The molecule has 0 saturated carbocycles. The Labute approximate surface area is 151 Å². The lowest BCUT2D eigenvalue weighted by molar-refractivity contribution is -0.389. The second-order valence-corrected chi connectivity index (χ2v) is 6.05. The van der Waals surface area contributed by atoms with Gasteiger partial charge in [-0.05, 0) is 23.1 Å². The van der Waals surface area contributed by atoms with Crippen LogP contribution in [0.4, 0.5) is 16.3 Å². The zero-order valence-electron chi connectivity index (χ0n) is 12.6. The van der Waals surface area contributed by atoms with Crippen LogP contribution in [-0.2, 0) is 11.3 Å². The predicted octanol–water partition coefficient (Wildman–Crippen LogP) is 3.50. The van der Waals surface area contributed by atoms with Crippen LogP contribution in [-0.4, -0.2) is 33.3 Å². The van der Waals surface area contributed by atoms with Crippen molar-refractivity contribution in [3.63, 3.8) is 0 Å². The van der Waals surface area contributed by atoms with Crippen molar-refractivity contribution in [2.75, 3.05) is 11.9 Å². The van der Waals surface area contributed by atoms with Crippen LogP contribution in [0.25, 0.3) is 0 Å². The van der Waals surface area contributed by atoms with Gasteiger partial charge >= 0.3 is 17.9 Å². The lowest BCUT2D eigenvalue weighted by atomic mass is 10.2. The first kappa shape index (κ1) is 17.3. The van der Waals surface area contributed by atoms with E-state index in [0.29, 0.717) is 23.7 Å². The highest BCUT2D eigenvalue weighted by molar-refractivity contribution is 6.36. The van der Waals surface area contributed by atoms with Crippen LogP contribution in [0.3, 0.4) is 0 Å². The number of ether oxygens (including phenoxy) is 2. The SMILES string of the molecule is O=C(Nc1ccc(Cl)cc1Cl)OCC1CCn2cc([N+](=O)[O-])nc2O1. The van der Waals surface area contributed by atoms with Gasteiger partial charge in [-0.1, -0.05) is 23.2 Å². The molecule has 1 atom stereocenters. The molecule has 0 saturated heterocycles. The van der Waals surface area contributed by atoms with Crippen molar-refractivity contribution in [2.45, 2.75) is 19.1 Å². The van der Waals surface area contributed by atoms with Crippen LogP contribution in [0, 0.1) is 10.1 Å².